The molecule has 0 radical (unpaired) electrons. The summed E-state index contributed by atoms with van der Waals surface area (Å²) in [5.41, 5.74) is 1.01. The molecule has 4 heteroatoms. The van der Waals surface area contributed by atoms with Crippen LogP contribution in [0.2, 0.25) is 0 Å². The minimum absolute atomic E-state index is 0.149. The predicted octanol–water partition coefficient (Wildman–Crippen LogP) is 4.34. The first kappa shape index (κ1) is 18.3. The fraction of sp³-hybridized carbons (Fsp3) is 0.611. The first-order valence-corrected chi connectivity index (χ1v) is 8.37. The van der Waals surface area contributed by atoms with Gasteiger partial charge in [-0.25, -0.2) is 0 Å². The van der Waals surface area contributed by atoms with Gasteiger partial charge in [0.15, 0.2) is 0 Å². The Bertz CT molecular complexity index is 434. The van der Waals surface area contributed by atoms with E-state index in [0.29, 0.717) is 13.2 Å². The van der Waals surface area contributed by atoms with Gasteiger partial charge in [-0.3, -0.25) is 4.79 Å². The maximum atomic E-state index is 10.9. The largest absolute Gasteiger partial charge is 0.491 e. The molecule has 0 fully saturated rings. The quantitative estimate of drug-likeness (QED) is 0.584. The number of benzene rings is 1. The van der Waals surface area contributed by atoms with Gasteiger partial charge in [-0.15, -0.1) is 0 Å². The van der Waals surface area contributed by atoms with Crippen LogP contribution >= 0.6 is 0 Å². The molecule has 0 spiro atoms. The van der Waals surface area contributed by atoms with Gasteiger partial charge in [0.05, 0.1) is 18.7 Å². The fourth-order valence-corrected chi connectivity index (χ4v) is 2.37. The summed E-state index contributed by atoms with van der Waals surface area (Å²) in [5, 5.41) is 8.97. The first-order valence-electron chi connectivity index (χ1n) is 8.37. The van der Waals surface area contributed by atoms with Crippen molar-refractivity contribution in [2.75, 3.05) is 24.6 Å². The monoisotopic (exact) mass is 307 g/mol. The number of carboxylic acid groups (broad SMARTS) is 1. The first-order chi connectivity index (χ1) is 10.7. The van der Waals surface area contributed by atoms with Crippen molar-refractivity contribution in [2.24, 2.45) is 0 Å². The van der Waals surface area contributed by atoms with Gasteiger partial charge in [0, 0.05) is 13.1 Å². The van der Waals surface area contributed by atoms with Gasteiger partial charge in [-0.2, -0.15) is 0 Å². The van der Waals surface area contributed by atoms with E-state index < -0.39 is 5.97 Å². The molecule has 1 rings (SSSR count). The second kappa shape index (κ2) is 10.9. The zero-order chi connectivity index (χ0) is 16.2. The second-order valence-corrected chi connectivity index (χ2v) is 5.51. The fourth-order valence-electron chi connectivity index (χ4n) is 2.37. The Kier molecular flexibility index (Phi) is 9.12. The van der Waals surface area contributed by atoms with Gasteiger partial charge >= 0.3 is 5.97 Å². The summed E-state index contributed by atoms with van der Waals surface area (Å²) in [6.45, 7) is 6.35. The highest BCUT2D eigenvalue weighted by Gasteiger charge is 2.13. The van der Waals surface area contributed by atoms with Crippen molar-refractivity contribution < 1.29 is 14.6 Å². The average molecular weight is 307 g/mol. The average Bonchev–Trinajstić information content (AvgIpc) is 2.52. The molecule has 0 unspecified atom stereocenters. The SMILES string of the molecule is CCCCCCN(CCC(=O)O)c1ccccc1OCCC. The zero-order valence-corrected chi connectivity index (χ0v) is 13.9. The molecule has 0 bridgehead atoms. The summed E-state index contributed by atoms with van der Waals surface area (Å²) in [5.74, 6) is 0.0933. The van der Waals surface area contributed by atoms with E-state index in [1.807, 2.05) is 24.3 Å². The minimum atomic E-state index is -0.759. The molecule has 0 saturated carbocycles. The van der Waals surface area contributed by atoms with Gasteiger partial charge in [0.1, 0.15) is 5.75 Å². The van der Waals surface area contributed by atoms with Crippen molar-refractivity contribution in [3.05, 3.63) is 24.3 Å². The Labute approximate surface area is 134 Å². The molecule has 0 amide bonds. The maximum Gasteiger partial charge on any atom is 0.305 e. The lowest BCUT2D eigenvalue weighted by molar-refractivity contribution is -0.136. The van der Waals surface area contributed by atoms with E-state index in [4.69, 9.17) is 9.84 Å². The van der Waals surface area contributed by atoms with Crippen LogP contribution in [0, 0.1) is 0 Å². The Balaban J connectivity index is 2.76. The summed E-state index contributed by atoms with van der Waals surface area (Å²) >= 11 is 0. The van der Waals surface area contributed by atoms with E-state index in [1.165, 1.54) is 19.3 Å². The number of rotatable bonds is 12. The molecule has 1 aromatic carbocycles. The number of hydrogen-bond acceptors (Lipinski definition) is 3. The second-order valence-electron chi connectivity index (χ2n) is 5.51. The van der Waals surface area contributed by atoms with Crippen LogP contribution in [0.25, 0.3) is 0 Å². The van der Waals surface area contributed by atoms with Crippen LogP contribution in [0.1, 0.15) is 52.4 Å². The highest BCUT2D eigenvalue weighted by molar-refractivity contribution is 5.68. The smallest absolute Gasteiger partial charge is 0.305 e. The molecule has 1 aromatic rings. The standard InChI is InChI=1S/C18H29NO3/c1-3-5-6-9-13-19(14-12-18(20)21)16-10-7-8-11-17(16)22-15-4-2/h7-8,10-11H,3-6,9,12-15H2,1-2H3,(H,20,21). The lowest BCUT2D eigenvalue weighted by atomic mass is 10.1. The van der Waals surface area contributed by atoms with Crippen molar-refractivity contribution >= 4 is 11.7 Å². The van der Waals surface area contributed by atoms with Crippen LogP contribution in [0.4, 0.5) is 5.69 Å². The maximum absolute atomic E-state index is 10.9. The zero-order valence-electron chi connectivity index (χ0n) is 13.9. The Morgan fingerprint density at radius 1 is 1.09 bits per heavy atom. The molecule has 1 N–H and O–H groups in total. The summed E-state index contributed by atoms with van der Waals surface area (Å²) in [6.07, 6.45) is 5.79. The van der Waals surface area contributed by atoms with Crippen molar-refractivity contribution in [2.45, 2.75) is 52.4 Å². The summed E-state index contributed by atoms with van der Waals surface area (Å²) in [7, 11) is 0. The molecule has 22 heavy (non-hydrogen) atoms. The molecule has 0 heterocycles. The topological polar surface area (TPSA) is 49.8 Å². The van der Waals surface area contributed by atoms with Crippen molar-refractivity contribution in [1.82, 2.24) is 0 Å². The summed E-state index contributed by atoms with van der Waals surface area (Å²) in [4.78, 5) is 13.1. The molecule has 0 aromatic heterocycles. The van der Waals surface area contributed by atoms with Crippen molar-refractivity contribution in [3.8, 4) is 5.75 Å². The Morgan fingerprint density at radius 3 is 2.55 bits per heavy atom. The summed E-state index contributed by atoms with van der Waals surface area (Å²) in [6, 6.07) is 7.92. The van der Waals surface area contributed by atoms with Crippen LogP contribution < -0.4 is 9.64 Å². The van der Waals surface area contributed by atoms with Crippen LogP contribution in [0.15, 0.2) is 24.3 Å². The highest BCUT2D eigenvalue weighted by atomic mass is 16.5. The Morgan fingerprint density at radius 2 is 1.86 bits per heavy atom. The van der Waals surface area contributed by atoms with Crippen LogP contribution in [0.3, 0.4) is 0 Å². The molecule has 0 aliphatic rings. The van der Waals surface area contributed by atoms with E-state index in [9.17, 15) is 4.79 Å². The molecule has 0 saturated heterocycles. The van der Waals surface area contributed by atoms with Crippen molar-refractivity contribution in [3.63, 3.8) is 0 Å². The molecule has 4 nitrogen and oxygen atoms in total. The molecule has 0 aliphatic carbocycles. The minimum Gasteiger partial charge on any atom is -0.491 e. The molecule has 0 atom stereocenters. The molecule has 0 aliphatic heterocycles. The normalized spacial score (nSPS) is 10.5. The van der Waals surface area contributed by atoms with Crippen LogP contribution in [-0.2, 0) is 4.79 Å². The number of hydrogen-bond donors (Lipinski definition) is 1. The third-order valence-electron chi connectivity index (χ3n) is 3.54. The predicted molar refractivity (Wildman–Crippen MR) is 90.8 cm³/mol. The lowest BCUT2D eigenvalue weighted by Crippen LogP contribution is -2.27. The van der Waals surface area contributed by atoms with Gasteiger partial charge in [-0.05, 0) is 25.0 Å². The van der Waals surface area contributed by atoms with Gasteiger partial charge < -0.3 is 14.7 Å². The number of para-hydroxylation sites is 2. The highest BCUT2D eigenvalue weighted by Crippen LogP contribution is 2.28. The van der Waals surface area contributed by atoms with Crippen LogP contribution in [-0.4, -0.2) is 30.8 Å². The van der Waals surface area contributed by atoms with E-state index in [2.05, 4.69) is 18.7 Å². The third kappa shape index (κ3) is 6.83. The van der Waals surface area contributed by atoms with Crippen LogP contribution in [0.5, 0.6) is 5.75 Å². The number of nitrogens with zero attached hydrogens (tertiary/aromatic N) is 1. The Hall–Kier alpha value is -1.71. The van der Waals surface area contributed by atoms with E-state index in [1.54, 1.807) is 0 Å². The van der Waals surface area contributed by atoms with Crippen molar-refractivity contribution in [1.29, 1.82) is 0 Å². The number of carbonyl (C=O) groups is 1. The number of anilines is 1. The number of ether oxygens (including phenoxy) is 1. The van der Waals surface area contributed by atoms with Gasteiger partial charge in [0.25, 0.3) is 0 Å². The van der Waals surface area contributed by atoms with E-state index in [0.717, 1.165) is 30.8 Å². The lowest BCUT2D eigenvalue weighted by Gasteiger charge is -2.26. The molecule has 124 valence electrons. The molecular formula is C18H29NO3. The van der Waals surface area contributed by atoms with E-state index in [-0.39, 0.29) is 6.42 Å². The van der Waals surface area contributed by atoms with E-state index >= 15 is 0 Å². The number of carboxylic acids is 1. The summed E-state index contributed by atoms with van der Waals surface area (Å²) < 4.78 is 5.81. The molecular weight excluding hydrogens is 278 g/mol. The third-order valence-corrected chi connectivity index (χ3v) is 3.54. The number of aliphatic carboxylic acids is 1. The van der Waals surface area contributed by atoms with Gasteiger partial charge in [-0.1, -0.05) is 45.2 Å². The number of unbranched alkanes of at least 4 members (excludes halogenated alkanes) is 3. The van der Waals surface area contributed by atoms with Gasteiger partial charge in [0.2, 0.25) is 0 Å².